The van der Waals surface area contributed by atoms with Gasteiger partial charge >= 0.3 is 5.97 Å². The van der Waals surface area contributed by atoms with E-state index in [2.05, 4.69) is 13.0 Å². The average molecular weight is 373 g/mol. The van der Waals surface area contributed by atoms with Gasteiger partial charge in [0, 0.05) is 18.9 Å². The Bertz CT molecular complexity index is 637. The van der Waals surface area contributed by atoms with Crippen LogP contribution in [0.4, 0.5) is 0 Å². The minimum Gasteiger partial charge on any atom is -0.458 e. The molecule has 4 heteroatoms. The van der Waals surface area contributed by atoms with E-state index in [4.69, 9.17) is 9.47 Å². The SMILES string of the molecule is CCCCCC(C)(O)/C=C/[C@@H]1[C@H]2CCO[C@H]2C[C@H]1OC(=O)c1ccccc1. The van der Waals surface area contributed by atoms with Gasteiger partial charge < -0.3 is 14.6 Å². The van der Waals surface area contributed by atoms with Crippen LogP contribution in [0.2, 0.25) is 0 Å². The second-order valence-electron chi connectivity index (χ2n) is 8.16. The van der Waals surface area contributed by atoms with Gasteiger partial charge in [0.05, 0.1) is 17.3 Å². The number of hydrogen-bond donors (Lipinski definition) is 1. The lowest BCUT2D eigenvalue weighted by Gasteiger charge is -2.24. The smallest absolute Gasteiger partial charge is 0.338 e. The largest absolute Gasteiger partial charge is 0.458 e. The van der Waals surface area contributed by atoms with Crippen molar-refractivity contribution in [3.05, 3.63) is 48.0 Å². The predicted octanol–water partition coefficient (Wildman–Crippen LogP) is 4.52. The van der Waals surface area contributed by atoms with Gasteiger partial charge in [0.1, 0.15) is 6.10 Å². The Morgan fingerprint density at radius 2 is 2.11 bits per heavy atom. The molecule has 1 aromatic carbocycles. The molecule has 3 rings (SSSR count). The molecule has 0 amide bonds. The Morgan fingerprint density at radius 1 is 1.33 bits per heavy atom. The maximum atomic E-state index is 12.5. The summed E-state index contributed by atoms with van der Waals surface area (Å²) < 4.78 is 11.7. The molecule has 0 aromatic heterocycles. The molecule has 2 fully saturated rings. The first-order valence-electron chi connectivity index (χ1n) is 10.3. The lowest BCUT2D eigenvalue weighted by atomic mass is 9.89. The number of unbranched alkanes of at least 4 members (excludes halogenated alkanes) is 2. The van der Waals surface area contributed by atoms with Crippen LogP contribution >= 0.6 is 0 Å². The molecule has 1 unspecified atom stereocenters. The summed E-state index contributed by atoms with van der Waals surface area (Å²) in [6, 6.07) is 9.12. The van der Waals surface area contributed by atoms with Crippen LogP contribution in [0.5, 0.6) is 0 Å². The molecule has 1 heterocycles. The Balaban J connectivity index is 1.67. The highest BCUT2D eigenvalue weighted by molar-refractivity contribution is 5.89. The Kier molecular flexibility index (Phi) is 6.72. The van der Waals surface area contributed by atoms with E-state index < -0.39 is 5.60 Å². The number of carbonyl (C=O) groups excluding carboxylic acids is 1. The molecule has 0 spiro atoms. The van der Waals surface area contributed by atoms with Crippen molar-refractivity contribution in [2.45, 2.75) is 70.2 Å². The first-order chi connectivity index (χ1) is 13.0. The third-order valence-electron chi connectivity index (χ3n) is 5.88. The van der Waals surface area contributed by atoms with Gasteiger partial charge in [0.15, 0.2) is 0 Å². The zero-order valence-corrected chi connectivity index (χ0v) is 16.5. The van der Waals surface area contributed by atoms with E-state index in [1.54, 1.807) is 12.1 Å². The van der Waals surface area contributed by atoms with Crippen molar-refractivity contribution in [2.24, 2.45) is 11.8 Å². The van der Waals surface area contributed by atoms with E-state index in [9.17, 15) is 9.90 Å². The van der Waals surface area contributed by atoms with Crippen LogP contribution in [0.1, 0.15) is 62.7 Å². The minimum absolute atomic E-state index is 0.0998. The lowest BCUT2D eigenvalue weighted by Crippen LogP contribution is -2.26. The molecule has 27 heavy (non-hydrogen) atoms. The number of esters is 1. The Hall–Kier alpha value is -1.65. The average Bonchev–Trinajstić information content (AvgIpc) is 3.22. The Morgan fingerprint density at radius 3 is 2.85 bits per heavy atom. The van der Waals surface area contributed by atoms with Gasteiger partial charge in [0.2, 0.25) is 0 Å². The molecule has 1 aliphatic carbocycles. The molecular weight excluding hydrogens is 340 g/mol. The Labute approximate surface area is 162 Å². The second-order valence-corrected chi connectivity index (χ2v) is 8.16. The van der Waals surface area contributed by atoms with Gasteiger partial charge in [-0.25, -0.2) is 4.79 Å². The highest BCUT2D eigenvalue weighted by atomic mass is 16.5. The summed E-state index contributed by atoms with van der Waals surface area (Å²) in [4.78, 5) is 12.5. The third-order valence-corrected chi connectivity index (χ3v) is 5.88. The number of fused-ring (bicyclic) bond motifs is 1. The zero-order valence-electron chi connectivity index (χ0n) is 16.5. The normalized spacial score (nSPS) is 29.6. The molecule has 5 atom stereocenters. The number of carbonyl (C=O) groups is 1. The van der Waals surface area contributed by atoms with Gasteiger partial charge in [-0.3, -0.25) is 0 Å². The number of hydrogen-bond acceptors (Lipinski definition) is 4. The summed E-state index contributed by atoms with van der Waals surface area (Å²) >= 11 is 0. The van der Waals surface area contributed by atoms with Gasteiger partial charge in [-0.1, -0.05) is 56.5 Å². The summed E-state index contributed by atoms with van der Waals surface area (Å²) in [7, 11) is 0. The summed E-state index contributed by atoms with van der Waals surface area (Å²) in [5.74, 6) is 0.178. The molecule has 148 valence electrons. The highest BCUT2D eigenvalue weighted by Gasteiger charge is 2.47. The molecule has 1 aromatic rings. The van der Waals surface area contributed by atoms with Crippen molar-refractivity contribution < 1.29 is 19.4 Å². The van der Waals surface area contributed by atoms with Crippen molar-refractivity contribution in [1.82, 2.24) is 0 Å². The zero-order chi connectivity index (χ0) is 19.3. The van der Waals surface area contributed by atoms with Crippen LogP contribution in [0.25, 0.3) is 0 Å². The van der Waals surface area contributed by atoms with Crippen LogP contribution in [-0.4, -0.2) is 35.5 Å². The quantitative estimate of drug-likeness (QED) is 0.414. The number of ether oxygens (including phenoxy) is 2. The molecular formula is C23H32O4. The first kappa shape index (κ1) is 20.1. The van der Waals surface area contributed by atoms with E-state index in [0.29, 0.717) is 11.5 Å². The fourth-order valence-electron chi connectivity index (χ4n) is 4.32. The summed E-state index contributed by atoms with van der Waals surface area (Å²) in [5.41, 5.74) is -0.245. The number of aliphatic hydroxyl groups is 1. The minimum atomic E-state index is -0.819. The van der Waals surface area contributed by atoms with E-state index in [-0.39, 0.29) is 24.1 Å². The monoisotopic (exact) mass is 372 g/mol. The molecule has 4 nitrogen and oxygen atoms in total. The van der Waals surface area contributed by atoms with E-state index in [1.807, 2.05) is 31.2 Å². The third kappa shape index (κ3) is 5.20. The maximum Gasteiger partial charge on any atom is 0.338 e. The molecule has 0 bridgehead atoms. The van der Waals surface area contributed by atoms with Crippen LogP contribution in [0, 0.1) is 11.8 Å². The summed E-state index contributed by atoms with van der Waals surface area (Å²) in [6.07, 6.45) is 9.70. The number of benzene rings is 1. The van der Waals surface area contributed by atoms with Crippen molar-refractivity contribution in [2.75, 3.05) is 6.61 Å². The second kappa shape index (κ2) is 9.03. The fraction of sp³-hybridized carbons (Fsp3) is 0.609. The van der Waals surface area contributed by atoms with Crippen molar-refractivity contribution in [3.63, 3.8) is 0 Å². The maximum absolute atomic E-state index is 12.5. The van der Waals surface area contributed by atoms with Crippen molar-refractivity contribution >= 4 is 5.97 Å². The van der Waals surface area contributed by atoms with Gasteiger partial charge in [-0.2, -0.15) is 0 Å². The van der Waals surface area contributed by atoms with Gasteiger partial charge in [-0.15, -0.1) is 0 Å². The summed E-state index contributed by atoms with van der Waals surface area (Å²) in [6.45, 7) is 4.79. The van der Waals surface area contributed by atoms with E-state index in [1.165, 1.54) is 0 Å². The highest BCUT2D eigenvalue weighted by Crippen LogP contribution is 2.43. The van der Waals surface area contributed by atoms with Crippen LogP contribution in [0.15, 0.2) is 42.5 Å². The molecule has 1 N–H and O–H groups in total. The topological polar surface area (TPSA) is 55.8 Å². The lowest BCUT2D eigenvalue weighted by molar-refractivity contribution is 0.0175. The first-order valence-corrected chi connectivity index (χ1v) is 10.3. The molecule has 0 radical (unpaired) electrons. The van der Waals surface area contributed by atoms with E-state index >= 15 is 0 Å². The van der Waals surface area contributed by atoms with Gasteiger partial charge in [-0.05, 0) is 37.8 Å². The summed E-state index contributed by atoms with van der Waals surface area (Å²) in [5, 5.41) is 10.7. The standard InChI is InChI=1S/C23H32O4/c1-3-4-8-13-23(2,25)14-11-18-19-12-15-26-20(19)16-21(18)27-22(24)17-9-6-5-7-10-17/h5-7,9-11,14,18-21,25H,3-4,8,12-13,15-16H2,1-2H3/b14-11+/t18-,19-,20+,21-,23?/m1/s1. The molecule has 1 saturated heterocycles. The predicted molar refractivity (Wildman–Crippen MR) is 106 cm³/mol. The van der Waals surface area contributed by atoms with Crippen LogP contribution in [0.3, 0.4) is 0 Å². The van der Waals surface area contributed by atoms with E-state index in [0.717, 1.165) is 45.1 Å². The van der Waals surface area contributed by atoms with Crippen LogP contribution < -0.4 is 0 Å². The molecule has 1 aliphatic heterocycles. The van der Waals surface area contributed by atoms with Crippen molar-refractivity contribution in [3.8, 4) is 0 Å². The molecule has 2 aliphatic rings. The van der Waals surface area contributed by atoms with Crippen LogP contribution in [-0.2, 0) is 9.47 Å². The molecule has 1 saturated carbocycles. The number of rotatable bonds is 8. The van der Waals surface area contributed by atoms with Gasteiger partial charge in [0.25, 0.3) is 0 Å². The van der Waals surface area contributed by atoms with Crippen molar-refractivity contribution in [1.29, 1.82) is 0 Å². The fourth-order valence-corrected chi connectivity index (χ4v) is 4.32.